The van der Waals surface area contributed by atoms with Crippen LogP contribution in [-0.2, 0) is 9.59 Å². The molecule has 138 valence electrons. The molecule has 2 rings (SSSR count). The molecule has 0 aliphatic heterocycles. The predicted octanol–water partition coefficient (Wildman–Crippen LogP) is 4.94. The van der Waals surface area contributed by atoms with Crippen molar-refractivity contribution in [2.24, 2.45) is 0 Å². The monoisotopic (exact) mass is 392 g/mol. The summed E-state index contributed by atoms with van der Waals surface area (Å²) < 4.78 is 0. The number of hydrogen-bond donors (Lipinski definition) is 2. The second-order valence-corrected chi connectivity index (χ2v) is 6.87. The Morgan fingerprint density at radius 2 is 0.962 bits per heavy atom. The summed E-state index contributed by atoms with van der Waals surface area (Å²) in [6.07, 6.45) is 0. The van der Waals surface area contributed by atoms with Gasteiger partial charge in [0, 0.05) is 11.4 Å². The minimum Gasteiger partial charge on any atom is -0.325 e. The highest BCUT2D eigenvalue weighted by molar-refractivity contribution is 6.29. The molecule has 2 aromatic carbocycles. The molecule has 0 radical (unpaired) electrons. The third kappa shape index (κ3) is 4.57. The van der Waals surface area contributed by atoms with Gasteiger partial charge in [0.1, 0.15) is 11.8 Å². The average molecular weight is 393 g/mol. The fraction of sp³-hybridized carbons (Fsp3) is 0.300. The van der Waals surface area contributed by atoms with Crippen molar-refractivity contribution < 1.29 is 9.59 Å². The van der Waals surface area contributed by atoms with Crippen molar-refractivity contribution >= 4 is 46.4 Å². The van der Waals surface area contributed by atoms with Crippen molar-refractivity contribution in [2.75, 3.05) is 22.4 Å². The van der Waals surface area contributed by atoms with Gasteiger partial charge in [-0.15, -0.1) is 23.2 Å². The maximum Gasteiger partial charge on any atom is 0.239 e. The lowest BCUT2D eigenvalue weighted by Crippen LogP contribution is -2.15. The maximum atomic E-state index is 11.6. The highest BCUT2D eigenvalue weighted by atomic mass is 35.5. The third-order valence-electron chi connectivity index (χ3n) is 4.17. The number of anilines is 2. The fourth-order valence-corrected chi connectivity index (χ4v) is 3.13. The van der Waals surface area contributed by atoms with E-state index in [4.69, 9.17) is 23.2 Å². The Labute approximate surface area is 163 Å². The van der Waals surface area contributed by atoms with Crippen molar-refractivity contribution in [3.05, 3.63) is 46.5 Å². The van der Waals surface area contributed by atoms with Gasteiger partial charge in [-0.25, -0.2) is 0 Å². The first-order valence-electron chi connectivity index (χ1n) is 8.21. The second-order valence-electron chi connectivity index (χ2n) is 6.33. The largest absolute Gasteiger partial charge is 0.325 e. The summed E-state index contributed by atoms with van der Waals surface area (Å²) in [4.78, 5) is 23.2. The maximum absolute atomic E-state index is 11.6. The molecule has 0 unspecified atom stereocenters. The predicted molar refractivity (Wildman–Crippen MR) is 110 cm³/mol. The standard InChI is InChI=1S/C20H22Cl2N2O2/c1-11-5-15(6-12(2)19(11)23-17(25)9-21)16-7-13(3)20(14(4)8-16)24-18(26)10-22/h5-8H,9-10H2,1-4H3,(H,23,25)(H,24,26). The SMILES string of the molecule is Cc1cc(-c2cc(C)c(NC(=O)CCl)c(C)c2)cc(C)c1NC(=O)CCl. The van der Waals surface area contributed by atoms with E-state index >= 15 is 0 Å². The summed E-state index contributed by atoms with van der Waals surface area (Å²) >= 11 is 11.2. The molecule has 0 aromatic heterocycles. The Kier molecular flexibility index (Phi) is 6.68. The van der Waals surface area contributed by atoms with Crippen LogP contribution in [0.2, 0.25) is 0 Å². The van der Waals surface area contributed by atoms with Crippen LogP contribution in [0, 0.1) is 27.7 Å². The lowest BCUT2D eigenvalue weighted by molar-refractivity contribution is -0.114. The van der Waals surface area contributed by atoms with Gasteiger partial charge in [0.25, 0.3) is 0 Å². The minimum absolute atomic E-state index is 0.0749. The molecule has 2 aromatic rings. The van der Waals surface area contributed by atoms with Crippen LogP contribution in [-0.4, -0.2) is 23.6 Å². The van der Waals surface area contributed by atoms with Crippen molar-refractivity contribution in [3.8, 4) is 11.1 Å². The Balaban J connectivity index is 2.43. The Morgan fingerprint density at radius 3 is 1.19 bits per heavy atom. The van der Waals surface area contributed by atoms with Crippen LogP contribution in [0.5, 0.6) is 0 Å². The van der Waals surface area contributed by atoms with E-state index in [1.165, 1.54) is 0 Å². The molecule has 0 spiro atoms. The van der Waals surface area contributed by atoms with E-state index < -0.39 is 0 Å². The fourth-order valence-electron chi connectivity index (χ4n) is 3.00. The van der Waals surface area contributed by atoms with Crippen molar-refractivity contribution in [2.45, 2.75) is 27.7 Å². The summed E-state index contributed by atoms with van der Waals surface area (Å²) in [5.41, 5.74) is 7.54. The average Bonchev–Trinajstić information content (AvgIpc) is 2.60. The zero-order valence-corrected chi connectivity index (χ0v) is 16.8. The number of alkyl halides is 2. The van der Waals surface area contributed by atoms with Crippen molar-refractivity contribution in [1.82, 2.24) is 0 Å². The number of aryl methyl sites for hydroxylation is 4. The number of carbonyl (C=O) groups excluding carboxylic acids is 2. The van der Waals surface area contributed by atoms with E-state index in [1.54, 1.807) is 0 Å². The molecule has 0 fully saturated rings. The smallest absolute Gasteiger partial charge is 0.239 e. The normalized spacial score (nSPS) is 10.5. The van der Waals surface area contributed by atoms with Gasteiger partial charge in [0.05, 0.1) is 0 Å². The number of nitrogens with one attached hydrogen (secondary N) is 2. The van der Waals surface area contributed by atoms with Crippen molar-refractivity contribution in [1.29, 1.82) is 0 Å². The van der Waals surface area contributed by atoms with Crippen LogP contribution in [0.3, 0.4) is 0 Å². The molecule has 0 atom stereocenters. The quantitative estimate of drug-likeness (QED) is 0.707. The molecular weight excluding hydrogens is 371 g/mol. The Morgan fingerprint density at radius 1 is 0.692 bits per heavy atom. The summed E-state index contributed by atoms with van der Waals surface area (Å²) in [7, 11) is 0. The highest BCUT2D eigenvalue weighted by Gasteiger charge is 2.12. The molecule has 0 aliphatic rings. The molecule has 2 N–H and O–H groups in total. The molecular formula is C20H22Cl2N2O2. The summed E-state index contributed by atoms with van der Waals surface area (Å²) in [5.74, 6) is -0.600. The first-order valence-corrected chi connectivity index (χ1v) is 9.28. The lowest BCUT2D eigenvalue weighted by Gasteiger charge is -2.16. The van der Waals surface area contributed by atoms with Gasteiger partial charge < -0.3 is 10.6 Å². The van der Waals surface area contributed by atoms with Crippen molar-refractivity contribution in [3.63, 3.8) is 0 Å². The van der Waals surface area contributed by atoms with Gasteiger partial charge in [0.15, 0.2) is 0 Å². The number of benzene rings is 2. The molecule has 2 amide bonds. The molecule has 0 saturated heterocycles. The van der Waals surface area contributed by atoms with E-state index in [9.17, 15) is 9.59 Å². The minimum atomic E-state index is -0.225. The number of halogens is 2. The van der Waals surface area contributed by atoms with Gasteiger partial charge in [-0.3, -0.25) is 9.59 Å². The number of rotatable bonds is 5. The first-order chi connectivity index (χ1) is 12.3. The molecule has 4 nitrogen and oxygen atoms in total. The summed E-state index contributed by atoms with van der Waals surface area (Å²) in [5, 5.41) is 5.67. The number of amides is 2. The Hall–Kier alpha value is -2.04. The van der Waals surface area contributed by atoms with Crippen LogP contribution in [0.25, 0.3) is 11.1 Å². The van der Waals surface area contributed by atoms with Gasteiger partial charge in [-0.05, 0) is 85.3 Å². The highest BCUT2D eigenvalue weighted by Crippen LogP contribution is 2.32. The summed E-state index contributed by atoms with van der Waals surface area (Å²) in [6.45, 7) is 7.81. The molecule has 26 heavy (non-hydrogen) atoms. The van der Waals surface area contributed by atoms with Gasteiger partial charge in [-0.2, -0.15) is 0 Å². The molecule has 6 heteroatoms. The van der Waals surface area contributed by atoms with E-state index in [0.29, 0.717) is 0 Å². The lowest BCUT2D eigenvalue weighted by atomic mass is 9.95. The summed E-state index contributed by atoms with van der Waals surface area (Å²) in [6, 6.07) is 8.12. The topological polar surface area (TPSA) is 58.2 Å². The molecule has 0 saturated carbocycles. The van der Waals surface area contributed by atoms with E-state index in [2.05, 4.69) is 10.6 Å². The molecule has 0 aliphatic carbocycles. The molecule has 0 bridgehead atoms. The third-order valence-corrected chi connectivity index (χ3v) is 4.66. The first kappa shape index (κ1) is 20.3. The van der Waals surface area contributed by atoms with E-state index in [-0.39, 0.29) is 23.6 Å². The van der Waals surface area contributed by atoms with Crippen LogP contribution in [0.15, 0.2) is 24.3 Å². The van der Waals surface area contributed by atoms with Crippen LogP contribution >= 0.6 is 23.2 Å². The van der Waals surface area contributed by atoms with Crippen LogP contribution < -0.4 is 10.6 Å². The van der Waals surface area contributed by atoms with E-state index in [1.807, 2.05) is 52.0 Å². The number of carbonyl (C=O) groups is 2. The van der Waals surface area contributed by atoms with Gasteiger partial charge in [-0.1, -0.05) is 0 Å². The second kappa shape index (κ2) is 8.56. The van der Waals surface area contributed by atoms with Crippen LogP contribution in [0.1, 0.15) is 22.3 Å². The zero-order valence-electron chi connectivity index (χ0n) is 15.3. The van der Waals surface area contributed by atoms with E-state index in [0.717, 1.165) is 44.8 Å². The zero-order chi connectivity index (χ0) is 19.4. The van der Waals surface area contributed by atoms with Crippen LogP contribution in [0.4, 0.5) is 11.4 Å². The molecule has 0 heterocycles. The number of hydrogen-bond acceptors (Lipinski definition) is 2. The van der Waals surface area contributed by atoms with Gasteiger partial charge >= 0.3 is 0 Å². The Bertz CT molecular complexity index is 745. The van der Waals surface area contributed by atoms with Gasteiger partial charge in [0.2, 0.25) is 11.8 Å².